The Balaban J connectivity index is 2.87. The molecular formula is C10H13BrClN. The Morgan fingerprint density at radius 3 is 2.69 bits per heavy atom. The second-order valence-electron chi connectivity index (χ2n) is 3.10. The van der Waals surface area contributed by atoms with Gasteiger partial charge in [-0.15, -0.1) is 0 Å². The van der Waals surface area contributed by atoms with Gasteiger partial charge < -0.3 is 5.73 Å². The van der Waals surface area contributed by atoms with E-state index in [1.807, 2.05) is 18.2 Å². The van der Waals surface area contributed by atoms with Crippen molar-refractivity contribution >= 4 is 27.5 Å². The van der Waals surface area contributed by atoms with Crippen molar-refractivity contribution in [1.29, 1.82) is 0 Å². The maximum Gasteiger partial charge on any atom is 0.0420 e. The van der Waals surface area contributed by atoms with Crippen LogP contribution < -0.4 is 5.73 Å². The fraction of sp³-hybridized carbons (Fsp3) is 0.400. The molecule has 0 fully saturated rings. The number of hydrogen-bond donors (Lipinski definition) is 1. The van der Waals surface area contributed by atoms with Gasteiger partial charge in [-0.3, -0.25) is 0 Å². The lowest BCUT2D eigenvalue weighted by atomic mass is 10.0. The Morgan fingerprint density at radius 1 is 1.46 bits per heavy atom. The molecule has 0 unspecified atom stereocenters. The highest BCUT2D eigenvalue weighted by Crippen LogP contribution is 2.24. The molecular weight excluding hydrogens is 249 g/mol. The van der Waals surface area contributed by atoms with Crippen LogP contribution in [0.3, 0.4) is 0 Å². The van der Waals surface area contributed by atoms with Crippen LogP contribution in [-0.2, 0) is 0 Å². The third-order valence-corrected chi connectivity index (χ3v) is 2.59. The normalized spacial score (nSPS) is 12.9. The summed E-state index contributed by atoms with van der Waals surface area (Å²) in [6.07, 6.45) is 2.08. The first kappa shape index (κ1) is 11.0. The molecule has 0 spiro atoms. The molecule has 0 saturated heterocycles. The molecule has 0 amide bonds. The second kappa shape index (κ2) is 4.99. The summed E-state index contributed by atoms with van der Waals surface area (Å²) in [5, 5.41) is 0.732. The first-order valence-electron chi connectivity index (χ1n) is 4.35. The largest absolute Gasteiger partial charge is 0.324 e. The van der Waals surface area contributed by atoms with Gasteiger partial charge in [0.25, 0.3) is 0 Å². The van der Waals surface area contributed by atoms with E-state index >= 15 is 0 Å². The van der Waals surface area contributed by atoms with Crippen LogP contribution in [0.5, 0.6) is 0 Å². The third kappa shape index (κ3) is 3.29. The van der Waals surface area contributed by atoms with Crippen LogP contribution in [0.2, 0.25) is 5.02 Å². The summed E-state index contributed by atoms with van der Waals surface area (Å²) in [6.45, 7) is 2.12. The van der Waals surface area contributed by atoms with Gasteiger partial charge in [-0.2, -0.15) is 0 Å². The molecule has 1 aromatic carbocycles. The Hall–Kier alpha value is -0.0500. The monoisotopic (exact) mass is 261 g/mol. The predicted octanol–water partition coefficient (Wildman–Crippen LogP) is 3.90. The van der Waals surface area contributed by atoms with Crippen molar-refractivity contribution in [2.24, 2.45) is 5.73 Å². The van der Waals surface area contributed by atoms with Crippen molar-refractivity contribution in [2.75, 3.05) is 0 Å². The van der Waals surface area contributed by atoms with E-state index in [0.29, 0.717) is 0 Å². The number of benzene rings is 1. The first-order valence-corrected chi connectivity index (χ1v) is 5.52. The smallest absolute Gasteiger partial charge is 0.0420 e. The van der Waals surface area contributed by atoms with Crippen LogP contribution in [0.1, 0.15) is 31.4 Å². The maximum atomic E-state index is 5.96. The molecule has 0 aliphatic rings. The zero-order valence-electron chi connectivity index (χ0n) is 7.56. The summed E-state index contributed by atoms with van der Waals surface area (Å²) in [4.78, 5) is 0. The number of nitrogens with two attached hydrogens (primary N) is 1. The quantitative estimate of drug-likeness (QED) is 0.878. The highest BCUT2D eigenvalue weighted by atomic mass is 79.9. The summed E-state index contributed by atoms with van der Waals surface area (Å²) in [6, 6.07) is 5.91. The first-order chi connectivity index (χ1) is 6.13. The minimum Gasteiger partial charge on any atom is -0.324 e. The minimum absolute atomic E-state index is 0.0972. The molecule has 72 valence electrons. The van der Waals surface area contributed by atoms with Crippen molar-refractivity contribution in [3.05, 3.63) is 33.3 Å². The van der Waals surface area contributed by atoms with Gasteiger partial charge in [-0.05, 0) is 30.2 Å². The number of halogens is 2. The van der Waals surface area contributed by atoms with Gasteiger partial charge in [0, 0.05) is 15.5 Å². The highest BCUT2D eigenvalue weighted by Gasteiger charge is 2.06. The molecule has 0 radical (unpaired) electrons. The van der Waals surface area contributed by atoms with Crippen molar-refractivity contribution < 1.29 is 0 Å². The molecule has 0 aliphatic carbocycles. The summed E-state index contributed by atoms with van der Waals surface area (Å²) in [5.41, 5.74) is 7.06. The summed E-state index contributed by atoms with van der Waals surface area (Å²) >= 11 is 9.30. The third-order valence-electron chi connectivity index (χ3n) is 1.91. The van der Waals surface area contributed by atoms with Gasteiger partial charge in [0.15, 0.2) is 0 Å². The molecule has 0 aliphatic heterocycles. The molecule has 13 heavy (non-hydrogen) atoms. The minimum atomic E-state index is 0.0972. The van der Waals surface area contributed by atoms with Crippen LogP contribution in [0.4, 0.5) is 0 Å². The Labute approximate surface area is 92.4 Å². The Morgan fingerprint density at radius 2 is 2.15 bits per heavy atom. The molecule has 1 atom stereocenters. The standard InChI is InChI=1S/C10H13BrClN/c1-2-3-10(13)7-4-8(11)6-9(12)5-7/h4-6,10H,2-3,13H2,1H3/t10-/m1/s1. The molecule has 2 N–H and O–H groups in total. The fourth-order valence-corrected chi connectivity index (χ4v) is 2.15. The average molecular weight is 263 g/mol. The van der Waals surface area contributed by atoms with Crippen LogP contribution in [-0.4, -0.2) is 0 Å². The molecule has 1 nitrogen and oxygen atoms in total. The highest BCUT2D eigenvalue weighted by molar-refractivity contribution is 9.10. The van der Waals surface area contributed by atoms with Crippen molar-refractivity contribution in [3.63, 3.8) is 0 Å². The zero-order valence-corrected chi connectivity index (χ0v) is 9.90. The lowest BCUT2D eigenvalue weighted by Gasteiger charge is -2.11. The van der Waals surface area contributed by atoms with E-state index in [1.54, 1.807) is 0 Å². The summed E-state index contributed by atoms with van der Waals surface area (Å²) in [7, 11) is 0. The van der Waals surface area contributed by atoms with E-state index in [1.165, 1.54) is 0 Å². The van der Waals surface area contributed by atoms with E-state index in [0.717, 1.165) is 27.9 Å². The number of hydrogen-bond acceptors (Lipinski definition) is 1. The molecule has 0 saturated carbocycles. The van der Waals surface area contributed by atoms with Crippen LogP contribution in [0.15, 0.2) is 22.7 Å². The predicted molar refractivity (Wildman–Crippen MR) is 61.0 cm³/mol. The van der Waals surface area contributed by atoms with Gasteiger partial charge in [-0.1, -0.05) is 40.9 Å². The molecule has 0 aromatic heterocycles. The number of rotatable bonds is 3. The van der Waals surface area contributed by atoms with Crippen LogP contribution >= 0.6 is 27.5 Å². The van der Waals surface area contributed by atoms with Gasteiger partial charge in [0.1, 0.15) is 0 Å². The molecule has 0 bridgehead atoms. The molecule has 0 heterocycles. The summed E-state index contributed by atoms with van der Waals surface area (Å²) in [5.74, 6) is 0. The summed E-state index contributed by atoms with van der Waals surface area (Å²) < 4.78 is 0.988. The fourth-order valence-electron chi connectivity index (χ4n) is 1.27. The van der Waals surface area contributed by atoms with E-state index in [9.17, 15) is 0 Å². The van der Waals surface area contributed by atoms with Crippen LogP contribution in [0, 0.1) is 0 Å². The van der Waals surface area contributed by atoms with Crippen molar-refractivity contribution in [1.82, 2.24) is 0 Å². The lowest BCUT2D eigenvalue weighted by Crippen LogP contribution is -2.09. The van der Waals surface area contributed by atoms with Crippen molar-refractivity contribution in [2.45, 2.75) is 25.8 Å². The van der Waals surface area contributed by atoms with Crippen LogP contribution in [0.25, 0.3) is 0 Å². The van der Waals surface area contributed by atoms with Gasteiger partial charge in [-0.25, -0.2) is 0 Å². The average Bonchev–Trinajstić information content (AvgIpc) is 2.03. The van der Waals surface area contributed by atoms with E-state index in [-0.39, 0.29) is 6.04 Å². The SMILES string of the molecule is CCC[C@@H](N)c1cc(Cl)cc(Br)c1. The van der Waals surface area contributed by atoms with Gasteiger partial charge in [0.2, 0.25) is 0 Å². The second-order valence-corrected chi connectivity index (χ2v) is 4.45. The maximum absolute atomic E-state index is 5.96. The van der Waals surface area contributed by atoms with E-state index < -0.39 is 0 Å². The van der Waals surface area contributed by atoms with Gasteiger partial charge in [0.05, 0.1) is 0 Å². The molecule has 1 aromatic rings. The molecule has 1 rings (SSSR count). The Kier molecular flexibility index (Phi) is 4.23. The topological polar surface area (TPSA) is 26.0 Å². The lowest BCUT2D eigenvalue weighted by molar-refractivity contribution is 0.638. The zero-order chi connectivity index (χ0) is 9.84. The Bertz CT molecular complexity index is 268. The van der Waals surface area contributed by atoms with E-state index in [4.69, 9.17) is 17.3 Å². The molecule has 3 heteroatoms. The van der Waals surface area contributed by atoms with Gasteiger partial charge >= 0.3 is 0 Å². The van der Waals surface area contributed by atoms with Crippen molar-refractivity contribution in [3.8, 4) is 0 Å². The van der Waals surface area contributed by atoms with E-state index in [2.05, 4.69) is 22.9 Å².